The van der Waals surface area contributed by atoms with Gasteiger partial charge in [0.1, 0.15) is 11.4 Å². The largest absolute Gasteiger partial charge is 0.444 e. The minimum absolute atomic E-state index is 0.121. The fourth-order valence-electron chi connectivity index (χ4n) is 4.65. The van der Waals surface area contributed by atoms with Crippen LogP contribution in [0, 0.1) is 12.8 Å². The summed E-state index contributed by atoms with van der Waals surface area (Å²) < 4.78 is 5.24. The molecule has 196 valence electrons. The number of carbonyl (C=O) groups is 4. The average molecular weight is 508 g/mol. The van der Waals surface area contributed by atoms with Crippen molar-refractivity contribution in [3.8, 4) is 0 Å². The first kappa shape index (κ1) is 26.1. The Kier molecular flexibility index (Phi) is 7.20. The quantitative estimate of drug-likeness (QED) is 0.540. The number of nitrogens with one attached hydrogen (secondary N) is 3. The molecule has 37 heavy (non-hydrogen) atoms. The van der Waals surface area contributed by atoms with E-state index in [1.54, 1.807) is 38.7 Å². The summed E-state index contributed by atoms with van der Waals surface area (Å²) in [6, 6.07) is 7.00. The molecule has 2 aliphatic rings. The second kappa shape index (κ2) is 10.2. The fourth-order valence-corrected chi connectivity index (χ4v) is 4.65. The summed E-state index contributed by atoms with van der Waals surface area (Å²) in [5.41, 5.74) is 2.68. The van der Waals surface area contributed by atoms with E-state index >= 15 is 0 Å². The number of ether oxygens (including phenoxy) is 1. The lowest BCUT2D eigenvalue weighted by Gasteiger charge is -2.38. The second-order valence-corrected chi connectivity index (χ2v) is 10.7. The highest BCUT2D eigenvalue weighted by molar-refractivity contribution is 6.39. The van der Waals surface area contributed by atoms with Crippen LogP contribution in [0.3, 0.4) is 0 Å². The zero-order chi connectivity index (χ0) is 26.9. The smallest absolute Gasteiger partial charge is 0.413 e. The maximum absolute atomic E-state index is 13.3. The van der Waals surface area contributed by atoms with E-state index < -0.39 is 23.5 Å². The zero-order valence-electron chi connectivity index (χ0n) is 21.8. The maximum atomic E-state index is 13.3. The molecule has 10 nitrogen and oxygen atoms in total. The number of aromatic nitrogens is 1. The van der Waals surface area contributed by atoms with Crippen molar-refractivity contribution >= 4 is 35.3 Å². The number of rotatable bonds is 3. The molecule has 0 bridgehead atoms. The highest BCUT2D eigenvalue weighted by Crippen LogP contribution is 2.35. The Balaban J connectivity index is 1.47. The Morgan fingerprint density at radius 2 is 1.89 bits per heavy atom. The summed E-state index contributed by atoms with van der Waals surface area (Å²) in [7, 11) is 0. The SMILES string of the molecule is Cc1cc(NC(=O)C(=O)N2CC(C)CCC2c2ccc3c(c2)C(=O)NC3)cnc1NC(=O)OC(C)(C)C. The van der Waals surface area contributed by atoms with Gasteiger partial charge < -0.3 is 20.3 Å². The third-order valence-corrected chi connectivity index (χ3v) is 6.43. The van der Waals surface area contributed by atoms with Crippen molar-refractivity contribution in [2.24, 2.45) is 5.92 Å². The van der Waals surface area contributed by atoms with Gasteiger partial charge in [0.2, 0.25) is 0 Å². The normalized spacial score (nSPS) is 19.1. The number of hydrogen-bond acceptors (Lipinski definition) is 6. The van der Waals surface area contributed by atoms with Crippen LogP contribution in [-0.4, -0.2) is 45.8 Å². The monoisotopic (exact) mass is 507 g/mol. The van der Waals surface area contributed by atoms with Crippen molar-refractivity contribution in [2.45, 2.75) is 65.6 Å². The summed E-state index contributed by atoms with van der Waals surface area (Å²) in [6.45, 7) is 10.0. The molecule has 10 heteroatoms. The van der Waals surface area contributed by atoms with Crippen molar-refractivity contribution in [3.05, 3.63) is 52.7 Å². The maximum Gasteiger partial charge on any atom is 0.413 e. The van der Waals surface area contributed by atoms with Gasteiger partial charge in [-0.15, -0.1) is 0 Å². The summed E-state index contributed by atoms with van der Waals surface area (Å²) >= 11 is 0. The van der Waals surface area contributed by atoms with Crippen LogP contribution >= 0.6 is 0 Å². The predicted molar refractivity (Wildman–Crippen MR) is 138 cm³/mol. The molecule has 1 fully saturated rings. The summed E-state index contributed by atoms with van der Waals surface area (Å²) in [4.78, 5) is 56.3. The molecule has 1 aromatic heterocycles. The highest BCUT2D eigenvalue weighted by Gasteiger charge is 2.35. The van der Waals surface area contributed by atoms with Gasteiger partial charge in [-0.1, -0.05) is 19.1 Å². The molecule has 0 spiro atoms. The molecule has 3 N–H and O–H groups in total. The van der Waals surface area contributed by atoms with Gasteiger partial charge in [-0.3, -0.25) is 19.7 Å². The molecular weight excluding hydrogens is 474 g/mol. The molecule has 0 saturated carbocycles. The van der Waals surface area contributed by atoms with Crippen LogP contribution in [0.15, 0.2) is 30.5 Å². The number of pyridine rings is 1. The van der Waals surface area contributed by atoms with Crippen molar-refractivity contribution in [2.75, 3.05) is 17.2 Å². The van der Waals surface area contributed by atoms with Crippen LogP contribution in [0.4, 0.5) is 16.3 Å². The van der Waals surface area contributed by atoms with Crippen LogP contribution in [0.25, 0.3) is 0 Å². The molecule has 2 aliphatic heterocycles. The van der Waals surface area contributed by atoms with Gasteiger partial charge in [0.15, 0.2) is 0 Å². The third kappa shape index (κ3) is 6.07. The van der Waals surface area contributed by atoms with E-state index in [0.717, 1.165) is 17.5 Å². The van der Waals surface area contributed by atoms with Crippen molar-refractivity contribution in [3.63, 3.8) is 0 Å². The molecule has 2 atom stereocenters. The molecule has 4 rings (SSSR count). The van der Waals surface area contributed by atoms with Crippen molar-refractivity contribution in [1.82, 2.24) is 15.2 Å². The number of aryl methyl sites for hydroxylation is 1. The van der Waals surface area contributed by atoms with Gasteiger partial charge in [-0.05, 0) is 75.3 Å². The summed E-state index contributed by atoms with van der Waals surface area (Å²) in [5.74, 6) is -0.997. The number of piperidine rings is 1. The molecule has 3 heterocycles. The molecule has 0 radical (unpaired) electrons. The lowest BCUT2D eigenvalue weighted by Crippen LogP contribution is -2.46. The Labute approximate surface area is 216 Å². The Hall–Kier alpha value is -3.95. The number of anilines is 2. The first-order chi connectivity index (χ1) is 17.4. The minimum Gasteiger partial charge on any atom is -0.444 e. The first-order valence-electron chi connectivity index (χ1n) is 12.4. The number of fused-ring (bicyclic) bond motifs is 1. The Morgan fingerprint density at radius 3 is 2.59 bits per heavy atom. The number of amides is 4. The number of nitrogens with zero attached hydrogens (tertiary/aromatic N) is 2. The van der Waals surface area contributed by atoms with Crippen LogP contribution in [0.1, 0.15) is 73.6 Å². The first-order valence-corrected chi connectivity index (χ1v) is 12.4. The number of hydrogen-bond donors (Lipinski definition) is 3. The van der Waals surface area contributed by atoms with Gasteiger partial charge >= 0.3 is 17.9 Å². The molecule has 2 aromatic rings. The van der Waals surface area contributed by atoms with E-state index in [2.05, 4.69) is 20.9 Å². The van der Waals surface area contributed by atoms with Gasteiger partial charge in [-0.2, -0.15) is 0 Å². The zero-order valence-corrected chi connectivity index (χ0v) is 21.8. The van der Waals surface area contributed by atoms with Gasteiger partial charge in [-0.25, -0.2) is 9.78 Å². The molecule has 4 amide bonds. The average Bonchev–Trinajstić information content (AvgIpc) is 3.19. The van der Waals surface area contributed by atoms with Crippen LogP contribution in [0.2, 0.25) is 0 Å². The minimum atomic E-state index is -0.771. The molecular formula is C27H33N5O5. The van der Waals surface area contributed by atoms with E-state index in [0.29, 0.717) is 42.1 Å². The topological polar surface area (TPSA) is 130 Å². The summed E-state index contributed by atoms with van der Waals surface area (Å²) in [5, 5.41) is 8.03. The second-order valence-electron chi connectivity index (χ2n) is 10.7. The lowest BCUT2D eigenvalue weighted by molar-refractivity contribution is -0.146. The predicted octanol–water partition coefficient (Wildman–Crippen LogP) is 3.92. The van der Waals surface area contributed by atoms with E-state index in [1.807, 2.05) is 25.1 Å². The molecule has 0 aliphatic carbocycles. The number of carbonyl (C=O) groups excluding carboxylic acids is 4. The Morgan fingerprint density at radius 1 is 1.14 bits per heavy atom. The van der Waals surface area contributed by atoms with Gasteiger partial charge in [0, 0.05) is 18.7 Å². The van der Waals surface area contributed by atoms with Crippen LogP contribution in [-0.2, 0) is 20.9 Å². The van der Waals surface area contributed by atoms with Crippen LogP contribution < -0.4 is 16.0 Å². The van der Waals surface area contributed by atoms with Crippen molar-refractivity contribution < 1.29 is 23.9 Å². The molecule has 2 unspecified atom stereocenters. The van der Waals surface area contributed by atoms with Gasteiger partial charge in [0.05, 0.1) is 17.9 Å². The van der Waals surface area contributed by atoms with Crippen molar-refractivity contribution in [1.29, 1.82) is 0 Å². The van der Waals surface area contributed by atoms with E-state index in [1.165, 1.54) is 6.20 Å². The third-order valence-electron chi connectivity index (χ3n) is 6.43. The number of likely N-dealkylation sites (tertiary alicyclic amines) is 1. The fraction of sp³-hybridized carbons (Fsp3) is 0.444. The standard InChI is InChI=1S/C27H33N5O5/c1-15-6-9-21(17-7-8-18-12-29-23(33)20(18)11-17)32(14-15)25(35)24(34)30-19-10-16(2)22(28-13-19)31-26(36)37-27(3,4)5/h7-8,10-11,13,15,21H,6,9,12,14H2,1-5H3,(H,29,33)(H,30,34)(H,28,31,36). The molecule has 1 saturated heterocycles. The van der Waals surface area contributed by atoms with E-state index in [9.17, 15) is 19.2 Å². The van der Waals surface area contributed by atoms with Gasteiger partial charge in [0.25, 0.3) is 5.91 Å². The number of benzene rings is 1. The highest BCUT2D eigenvalue weighted by atomic mass is 16.6. The van der Waals surface area contributed by atoms with E-state index in [-0.39, 0.29) is 17.9 Å². The van der Waals surface area contributed by atoms with E-state index in [4.69, 9.17) is 4.74 Å². The summed E-state index contributed by atoms with van der Waals surface area (Å²) in [6.07, 6.45) is 2.35. The lowest BCUT2D eigenvalue weighted by atomic mass is 9.88. The molecule has 1 aromatic carbocycles. The van der Waals surface area contributed by atoms with Crippen LogP contribution in [0.5, 0.6) is 0 Å². The Bertz CT molecular complexity index is 1250.